The van der Waals surface area contributed by atoms with Crippen LogP contribution in [0.3, 0.4) is 0 Å². The highest BCUT2D eigenvalue weighted by molar-refractivity contribution is 5.95. The average molecular weight is 487 g/mol. The number of allylic oxidation sites excluding steroid dienone is 1. The number of carbonyl (C=O) groups is 2. The smallest absolute Gasteiger partial charge is 0.338 e. The molecule has 0 aliphatic carbocycles. The fourth-order valence-electron chi connectivity index (χ4n) is 4.30. The lowest BCUT2D eigenvalue weighted by Gasteiger charge is -2.35. The Morgan fingerprint density at radius 3 is 2.47 bits per heavy atom. The lowest BCUT2D eigenvalue weighted by atomic mass is 9.94. The number of methoxy groups -OCH3 is 1. The van der Waals surface area contributed by atoms with E-state index in [9.17, 15) is 9.59 Å². The zero-order chi connectivity index (χ0) is 25.1. The molecule has 0 radical (unpaired) electrons. The van der Waals surface area contributed by atoms with Gasteiger partial charge in [0, 0.05) is 5.70 Å². The van der Waals surface area contributed by atoms with Gasteiger partial charge in [0.1, 0.15) is 12.4 Å². The monoisotopic (exact) mass is 486 g/mol. The van der Waals surface area contributed by atoms with Gasteiger partial charge in [0.25, 0.3) is 0 Å². The molecule has 8 heteroatoms. The molecule has 1 N–H and O–H groups in total. The third-order valence-corrected chi connectivity index (χ3v) is 6.26. The molecule has 2 aliphatic heterocycles. The van der Waals surface area contributed by atoms with Crippen LogP contribution in [-0.4, -0.2) is 30.8 Å². The predicted molar refractivity (Wildman–Crippen MR) is 131 cm³/mol. The first-order chi connectivity index (χ1) is 17.5. The highest BCUT2D eigenvalue weighted by atomic mass is 16.7. The van der Waals surface area contributed by atoms with Gasteiger partial charge in [0.15, 0.2) is 11.5 Å². The number of amides is 2. The van der Waals surface area contributed by atoms with E-state index in [1.807, 2.05) is 72.8 Å². The van der Waals surface area contributed by atoms with E-state index >= 15 is 0 Å². The van der Waals surface area contributed by atoms with Gasteiger partial charge in [-0.15, -0.1) is 0 Å². The summed E-state index contributed by atoms with van der Waals surface area (Å²) in [5, 5.41) is 2.99. The molecular formula is C28H26N2O6. The molecule has 0 bridgehead atoms. The minimum atomic E-state index is -0.630. The van der Waals surface area contributed by atoms with E-state index < -0.39 is 12.0 Å². The van der Waals surface area contributed by atoms with Gasteiger partial charge in [0.2, 0.25) is 6.79 Å². The lowest BCUT2D eigenvalue weighted by molar-refractivity contribution is -0.141. The van der Waals surface area contributed by atoms with Gasteiger partial charge >= 0.3 is 12.0 Å². The molecule has 3 aromatic carbocycles. The van der Waals surface area contributed by atoms with Gasteiger partial charge in [-0.1, -0.05) is 48.5 Å². The summed E-state index contributed by atoms with van der Waals surface area (Å²) in [6.07, 6.45) is 0. The second-order valence-electron chi connectivity index (χ2n) is 8.49. The van der Waals surface area contributed by atoms with Crippen molar-refractivity contribution in [2.45, 2.75) is 26.1 Å². The Balaban J connectivity index is 1.43. The van der Waals surface area contributed by atoms with E-state index in [1.165, 1.54) is 0 Å². The van der Waals surface area contributed by atoms with Gasteiger partial charge in [-0.25, -0.2) is 9.59 Å². The van der Waals surface area contributed by atoms with Crippen molar-refractivity contribution < 1.29 is 28.5 Å². The molecule has 3 aromatic rings. The second-order valence-corrected chi connectivity index (χ2v) is 8.49. The molecule has 2 heterocycles. The SMILES string of the molecule is COc1ccc(COC(=O)C2=C(C)N(Cc3ccc4c(c3)OCO4)C(=O)NC2c2ccccc2)cc1. The van der Waals surface area contributed by atoms with Crippen molar-refractivity contribution in [2.24, 2.45) is 0 Å². The molecule has 1 atom stereocenters. The molecule has 0 saturated heterocycles. The van der Waals surface area contributed by atoms with Crippen LogP contribution >= 0.6 is 0 Å². The van der Waals surface area contributed by atoms with E-state index in [1.54, 1.807) is 18.9 Å². The van der Waals surface area contributed by atoms with Gasteiger partial charge in [-0.05, 0) is 47.9 Å². The van der Waals surface area contributed by atoms with Gasteiger partial charge in [-0.2, -0.15) is 0 Å². The van der Waals surface area contributed by atoms with Crippen molar-refractivity contribution in [3.8, 4) is 17.2 Å². The molecular weight excluding hydrogens is 460 g/mol. The number of ether oxygens (including phenoxy) is 4. The van der Waals surface area contributed by atoms with Crippen LogP contribution in [0.5, 0.6) is 17.2 Å². The van der Waals surface area contributed by atoms with Crippen molar-refractivity contribution in [3.05, 3.63) is 101 Å². The number of nitrogens with zero attached hydrogens (tertiary/aromatic N) is 1. The molecule has 1 unspecified atom stereocenters. The van der Waals surface area contributed by atoms with E-state index in [-0.39, 0.29) is 26.0 Å². The van der Waals surface area contributed by atoms with Crippen molar-refractivity contribution >= 4 is 12.0 Å². The fraction of sp³-hybridized carbons (Fsp3) is 0.214. The summed E-state index contributed by atoms with van der Waals surface area (Å²) in [6, 6.07) is 21.3. The fourth-order valence-corrected chi connectivity index (χ4v) is 4.30. The summed E-state index contributed by atoms with van der Waals surface area (Å²) in [5.74, 6) is 1.53. The topological polar surface area (TPSA) is 86.3 Å². The molecule has 0 aromatic heterocycles. The van der Waals surface area contributed by atoms with Crippen molar-refractivity contribution in [1.82, 2.24) is 10.2 Å². The van der Waals surface area contributed by atoms with Crippen LogP contribution in [0.15, 0.2) is 84.1 Å². The summed E-state index contributed by atoms with van der Waals surface area (Å²) >= 11 is 0. The van der Waals surface area contributed by atoms with Crippen molar-refractivity contribution in [1.29, 1.82) is 0 Å². The van der Waals surface area contributed by atoms with E-state index in [0.717, 1.165) is 22.4 Å². The lowest BCUT2D eigenvalue weighted by Crippen LogP contribution is -2.47. The summed E-state index contributed by atoms with van der Waals surface area (Å²) in [5.41, 5.74) is 3.39. The van der Waals surface area contributed by atoms with Crippen LogP contribution in [0.2, 0.25) is 0 Å². The van der Waals surface area contributed by atoms with Crippen LogP contribution in [0.4, 0.5) is 4.79 Å². The third-order valence-electron chi connectivity index (χ3n) is 6.26. The maximum absolute atomic E-state index is 13.4. The minimum absolute atomic E-state index is 0.0945. The highest BCUT2D eigenvalue weighted by Gasteiger charge is 2.36. The van der Waals surface area contributed by atoms with Crippen LogP contribution in [-0.2, 0) is 22.7 Å². The molecule has 2 aliphatic rings. The molecule has 0 saturated carbocycles. The Morgan fingerprint density at radius 1 is 1.00 bits per heavy atom. The van der Waals surface area contributed by atoms with Crippen molar-refractivity contribution in [3.63, 3.8) is 0 Å². The molecule has 8 nitrogen and oxygen atoms in total. The molecule has 0 fully saturated rings. The van der Waals surface area contributed by atoms with Gasteiger partial charge < -0.3 is 24.3 Å². The third kappa shape index (κ3) is 4.70. The first-order valence-electron chi connectivity index (χ1n) is 11.6. The van der Waals surface area contributed by atoms with E-state index in [2.05, 4.69) is 5.32 Å². The first kappa shape index (κ1) is 23.3. The summed E-state index contributed by atoms with van der Waals surface area (Å²) in [7, 11) is 1.60. The number of carbonyl (C=O) groups excluding carboxylic acids is 2. The number of hydrogen-bond acceptors (Lipinski definition) is 6. The zero-order valence-corrected chi connectivity index (χ0v) is 20.0. The normalized spacial score (nSPS) is 16.6. The molecule has 184 valence electrons. The number of esters is 1. The Bertz CT molecular complexity index is 1300. The zero-order valence-electron chi connectivity index (χ0n) is 20.0. The standard InChI is InChI=1S/C28H26N2O6/c1-18-25(27(31)34-16-19-8-11-22(33-2)12-9-19)26(21-6-4-3-5-7-21)29-28(32)30(18)15-20-10-13-23-24(14-20)36-17-35-23/h3-14,26H,15-17H2,1-2H3,(H,29,32). The summed E-state index contributed by atoms with van der Waals surface area (Å²) in [6.45, 7) is 2.29. The maximum Gasteiger partial charge on any atom is 0.338 e. The van der Waals surface area contributed by atoms with E-state index in [0.29, 0.717) is 22.8 Å². The Labute approximate surface area is 209 Å². The average Bonchev–Trinajstić information content (AvgIpc) is 3.38. The summed E-state index contributed by atoms with van der Waals surface area (Å²) in [4.78, 5) is 28.2. The Morgan fingerprint density at radius 2 is 1.72 bits per heavy atom. The Hall–Kier alpha value is -4.46. The van der Waals surface area contributed by atoms with Gasteiger partial charge in [0.05, 0.1) is 25.3 Å². The van der Waals surface area contributed by atoms with Crippen LogP contribution in [0.25, 0.3) is 0 Å². The number of fused-ring (bicyclic) bond motifs is 1. The maximum atomic E-state index is 13.4. The molecule has 0 spiro atoms. The largest absolute Gasteiger partial charge is 0.497 e. The predicted octanol–water partition coefficient (Wildman–Crippen LogP) is 4.71. The minimum Gasteiger partial charge on any atom is -0.497 e. The van der Waals surface area contributed by atoms with Crippen LogP contribution < -0.4 is 19.5 Å². The molecule has 36 heavy (non-hydrogen) atoms. The van der Waals surface area contributed by atoms with Crippen LogP contribution in [0.1, 0.15) is 29.7 Å². The number of rotatable bonds is 7. The quantitative estimate of drug-likeness (QED) is 0.487. The van der Waals surface area contributed by atoms with Gasteiger partial charge in [-0.3, -0.25) is 4.90 Å². The van der Waals surface area contributed by atoms with Crippen LogP contribution in [0, 0.1) is 0 Å². The number of hydrogen-bond donors (Lipinski definition) is 1. The van der Waals surface area contributed by atoms with Crippen molar-refractivity contribution in [2.75, 3.05) is 13.9 Å². The highest BCUT2D eigenvalue weighted by Crippen LogP contribution is 2.35. The number of urea groups is 1. The first-order valence-corrected chi connectivity index (χ1v) is 11.6. The molecule has 2 amide bonds. The Kier molecular flexibility index (Phi) is 6.49. The summed E-state index contributed by atoms with van der Waals surface area (Å²) < 4.78 is 21.7. The molecule has 5 rings (SSSR count). The number of nitrogens with one attached hydrogen (secondary N) is 1. The number of benzene rings is 3. The second kappa shape index (κ2) is 10.0. The van der Waals surface area contributed by atoms with E-state index in [4.69, 9.17) is 18.9 Å².